The molecule has 1 aromatic carbocycles. The topological polar surface area (TPSA) is 46.2 Å². The summed E-state index contributed by atoms with van der Waals surface area (Å²) < 4.78 is 0. The Bertz CT molecular complexity index is 342. The average Bonchev–Trinajstić information content (AvgIpc) is 2.66. The molecule has 2 nitrogen and oxygen atoms in total. The summed E-state index contributed by atoms with van der Waals surface area (Å²) in [6, 6.07) is 7.96. The van der Waals surface area contributed by atoms with E-state index < -0.39 is 11.6 Å². The van der Waals surface area contributed by atoms with Crippen LogP contribution in [0.5, 0.6) is 0 Å². The highest BCUT2D eigenvalue weighted by Crippen LogP contribution is 2.38. The monoisotopic (exact) mass is 205 g/mol. The Hall–Kier alpha value is -0.860. The first-order valence-electron chi connectivity index (χ1n) is 5.66. The highest BCUT2D eigenvalue weighted by atomic mass is 16.3. The maximum Gasteiger partial charge on any atom is 0.0971 e. The van der Waals surface area contributed by atoms with Crippen molar-refractivity contribution in [2.75, 3.05) is 0 Å². The third-order valence-corrected chi connectivity index (χ3v) is 3.56. The standard InChI is InChI=1S/C13H19NO/c1-10-6-2-3-7-11(10)12(15)13(14)8-4-5-9-13/h2-3,6-7,12,15H,4-5,8-9,14H2,1H3. The molecule has 0 amide bonds. The van der Waals surface area contributed by atoms with Crippen LogP contribution in [0.4, 0.5) is 0 Å². The molecule has 15 heavy (non-hydrogen) atoms. The fraction of sp³-hybridized carbons (Fsp3) is 0.538. The van der Waals surface area contributed by atoms with Crippen molar-refractivity contribution in [3.8, 4) is 0 Å². The second-order valence-corrected chi connectivity index (χ2v) is 4.70. The quantitative estimate of drug-likeness (QED) is 0.778. The zero-order chi connectivity index (χ0) is 10.9. The predicted molar refractivity (Wildman–Crippen MR) is 61.5 cm³/mol. The molecule has 3 N–H and O–H groups in total. The van der Waals surface area contributed by atoms with E-state index in [1.54, 1.807) is 0 Å². The van der Waals surface area contributed by atoms with Crippen LogP contribution >= 0.6 is 0 Å². The number of aryl methyl sites for hydroxylation is 1. The van der Waals surface area contributed by atoms with Gasteiger partial charge >= 0.3 is 0 Å². The van der Waals surface area contributed by atoms with Crippen molar-refractivity contribution >= 4 is 0 Å². The second-order valence-electron chi connectivity index (χ2n) is 4.70. The van der Waals surface area contributed by atoms with Crippen molar-refractivity contribution in [3.05, 3.63) is 35.4 Å². The minimum Gasteiger partial charge on any atom is -0.386 e. The zero-order valence-electron chi connectivity index (χ0n) is 9.24. The number of hydrogen-bond donors (Lipinski definition) is 2. The Labute approximate surface area is 91.1 Å². The van der Waals surface area contributed by atoms with Gasteiger partial charge in [0.15, 0.2) is 0 Å². The lowest BCUT2D eigenvalue weighted by Crippen LogP contribution is -2.43. The lowest BCUT2D eigenvalue weighted by atomic mass is 9.85. The fourth-order valence-electron chi connectivity index (χ4n) is 2.51. The summed E-state index contributed by atoms with van der Waals surface area (Å²) in [7, 11) is 0. The number of aliphatic hydroxyl groups is 1. The van der Waals surface area contributed by atoms with Gasteiger partial charge in [-0.15, -0.1) is 0 Å². The van der Waals surface area contributed by atoms with E-state index in [4.69, 9.17) is 5.73 Å². The third kappa shape index (κ3) is 1.92. The Morgan fingerprint density at radius 2 is 1.87 bits per heavy atom. The Kier molecular flexibility index (Phi) is 2.81. The van der Waals surface area contributed by atoms with Crippen LogP contribution in [0.1, 0.15) is 42.9 Å². The van der Waals surface area contributed by atoms with Crippen LogP contribution in [-0.4, -0.2) is 10.6 Å². The van der Waals surface area contributed by atoms with Gasteiger partial charge in [0.2, 0.25) is 0 Å². The van der Waals surface area contributed by atoms with Gasteiger partial charge < -0.3 is 10.8 Å². The molecule has 0 aromatic heterocycles. The fourth-order valence-corrected chi connectivity index (χ4v) is 2.51. The average molecular weight is 205 g/mol. The van der Waals surface area contributed by atoms with E-state index in [-0.39, 0.29) is 0 Å². The lowest BCUT2D eigenvalue weighted by molar-refractivity contribution is 0.0866. The molecule has 1 aromatic rings. The van der Waals surface area contributed by atoms with E-state index in [0.717, 1.165) is 36.8 Å². The van der Waals surface area contributed by atoms with Gasteiger partial charge in [0, 0.05) is 5.54 Å². The van der Waals surface area contributed by atoms with Crippen LogP contribution < -0.4 is 5.73 Å². The lowest BCUT2D eigenvalue weighted by Gasteiger charge is -2.31. The maximum atomic E-state index is 10.3. The maximum absolute atomic E-state index is 10.3. The van der Waals surface area contributed by atoms with E-state index in [9.17, 15) is 5.11 Å². The van der Waals surface area contributed by atoms with Gasteiger partial charge in [-0.05, 0) is 30.9 Å². The van der Waals surface area contributed by atoms with Gasteiger partial charge in [-0.2, -0.15) is 0 Å². The SMILES string of the molecule is Cc1ccccc1C(O)C1(N)CCCC1. The molecular formula is C13H19NO. The van der Waals surface area contributed by atoms with Crippen LogP contribution in [0.25, 0.3) is 0 Å². The summed E-state index contributed by atoms with van der Waals surface area (Å²) in [4.78, 5) is 0. The van der Waals surface area contributed by atoms with E-state index >= 15 is 0 Å². The van der Waals surface area contributed by atoms with E-state index in [1.807, 2.05) is 31.2 Å². The number of benzene rings is 1. The Morgan fingerprint density at radius 3 is 2.47 bits per heavy atom. The molecule has 0 radical (unpaired) electrons. The van der Waals surface area contributed by atoms with E-state index in [2.05, 4.69) is 0 Å². The third-order valence-electron chi connectivity index (χ3n) is 3.56. The minimum absolute atomic E-state index is 0.397. The second kappa shape index (κ2) is 3.95. The van der Waals surface area contributed by atoms with Gasteiger partial charge in [0.25, 0.3) is 0 Å². The van der Waals surface area contributed by atoms with Gasteiger partial charge in [-0.25, -0.2) is 0 Å². The molecule has 0 spiro atoms. The smallest absolute Gasteiger partial charge is 0.0971 e. The normalized spacial score (nSPS) is 21.5. The first-order chi connectivity index (χ1) is 7.13. The molecule has 1 atom stereocenters. The molecule has 2 heteroatoms. The number of hydrogen-bond acceptors (Lipinski definition) is 2. The summed E-state index contributed by atoms with van der Waals surface area (Å²) >= 11 is 0. The van der Waals surface area contributed by atoms with Gasteiger partial charge in [-0.3, -0.25) is 0 Å². The molecule has 1 fully saturated rings. The van der Waals surface area contributed by atoms with E-state index in [0.29, 0.717) is 0 Å². The highest BCUT2D eigenvalue weighted by Gasteiger charge is 2.37. The molecule has 1 unspecified atom stereocenters. The van der Waals surface area contributed by atoms with Crippen molar-refractivity contribution in [2.24, 2.45) is 5.73 Å². The molecular weight excluding hydrogens is 186 g/mol. The van der Waals surface area contributed by atoms with Gasteiger partial charge in [-0.1, -0.05) is 37.1 Å². The molecule has 0 aliphatic heterocycles. The predicted octanol–water partition coefficient (Wildman–Crippen LogP) is 2.30. The Balaban J connectivity index is 2.27. The first kappa shape index (κ1) is 10.7. The number of aliphatic hydroxyl groups excluding tert-OH is 1. The van der Waals surface area contributed by atoms with Gasteiger partial charge in [0.05, 0.1) is 6.10 Å². The summed E-state index contributed by atoms with van der Waals surface area (Å²) in [5, 5.41) is 10.3. The largest absolute Gasteiger partial charge is 0.386 e. The molecule has 1 aliphatic carbocycles. The van der Waals surface area contributed by atoms with Crippen molar-refractivity contribution < 1.29 is 5.11 Å². The van der Waals surface area contributed by atoms with Crippen molar-refractivity contribution in [1.82, 2.24) is 0 Å². The minimum atomic E-state index is -0.513. The summed E-state index contributed by atoms with van der Waals surface area (Å²) in [6.07, 6.45) is 3.63. The van der Waals surface area contributed by atoms with Crippen molar-refractivity contribution in [3.63, 3.8) is 0 Å². The zero-order valence-corrected chi connectivity index (χ0v) is 9.24. The van der Waals surface area contributed by atoms with Crippen LogP contribution in [0, 0.1) is 6.92 Å². The molecule has 0 bridgehead atoms. The summed E-state index contributed by atoms with van der Waals surface area (Å²) in [5.41, 5.74) is 7.97. The molecule has 1 aliphatic rings. The summed E-state index contributed by atoms with van der Waals surface area (Å²) in [5.74, 6) is 0. The van der Waals surface area contributed by atoms with Crippen molar-refractivity contribution in [2.45, 2.75) is 44.2 Å². The Morgan fingerprint density at radius 1 is 1.27 bits per heavy atom. The highest BCUT2D eigenvalue weighted by molar-refractivity contribution is 5.30. The van der Waals surface area contributed by atoms with Crippen LogP contribution in [0.15, 0.2) is 24.3 Å². The molecule has 0 saturated heterocycles. The number of rotatable bonds is 2. The van der Waals surface area contributed by atoms with Crippen LogP contribution in [0.2, 0.25) is 0 Å². The van der Waals surface area contributed by atoms with Crippen LogP contribution in [0.3, 0.4) is 0 Å². The van der Waals surface area contributed by atoms with Gasteiger partial charge in [0.1, 0.15) is 0 Å². The van der Waals surface area contributed by atoms with E-state index in [1.165, 1.54) is 0 Å². The summed E-state index contributed by atoms with van der Waals surface area (Å²) in [6.45, 7) is 2.02. The molecule has 1 saturated carbocycles. The van der Waals surface area contributed by atoms with Crippen molar-refractivity contribution in [1.29, 1.82) is 0 Å². The molecule has 2 rings (SSSR count). The first-order valence-corrected chi connectivity index (χ1v) is 5.66. The van der Waals surface area contributed by atoms with Crippen LogP contribution in [-0.2, 0) is 0 Å². The number of nitrogens with two attached hydrogens (primary N) is 1. The molecule has 0 heterocycles. The molecule has 82 valence electrons.